The first kappa shape index (κ1) is 15.8. The van der Waals surface area contributed by atoms with E-state index in [1.165, 1.54) is 0 Å². The summed E-state index contributed by atoms with van der Waals surface area (Å²) in [5.74, 6) is 0.201. The third-order valence-electron chi connectivity index (χ3n) is 3.73. The molecule has 0 fully saturated rings. The number of hydroxylamine groups is 1. The number of hydrogen-bond acceptors (Lipinski definition) is 4. The zero-order valence-corrected chi connectivity index (χ0v) is 13.1. The van der Waals surface area contributed by atoms with Crippen molar-refractivity contribution in [3.8, 4) is 28.3 Å². The second-order valence-electron chi connectivity index (χ2n) is 5.24. The lowest BCUT2D eigenvalue weighted by atomic mass is 9.99. The molecule has 0 aliphatic carbocycles. The van der Waals surface area contributed by atoms with Gasteiger partial charge in [0.15, 0.2) is 0 Å². The molecular formula is C18H17N3O3. The Morgan fingerprint density at radius 3 is 2.62 bits per heavy atom. The van der Waals surface area contributed by atoms with Crippen molar-refractivity contribution in [2.45, 2.75) is 6.42 Å². The predicted molar refractivity (Wildman–Crippen MR) is 89.6 cm³/mol. The van der Waals surface area contributed by atoms with Gasteiger partial charge in [-0.25, -0.2) is 5.48 Å². The molecule has 2 aromatic carbocycles. The van der Waals surface area contributed by atoms with E-state index in [1.807, 2.05) is 54.6 Å². The molecule has 0 bridgehead atoms. The van der Waals surface area contributed by atoms with Crippen LogP contribution in [0.25, 0.3) is 22.5 Å². The second-order valence-corrected chi connectivity index (χ2v) is 5.24. The summed E-state index contributed by atoms with van der Waals surface area (Å²) in [6, 6.07) is 17.1. The monoisotopic (exact) mass is 323 g/mol. The lowest BCUT2D eigenvalue weighted by Gasteiger charge is -2.07. The van der Waals surface area contributed by atoms with Crippen molar-refractivity contribution in [2.75, 3.05) is 7.11 Å². The summed E-state index contributed by atoms with van der Waals surface area (Å²) >= 11 is 0. The highest BCUT2D eigenvalue weighted by atomic mass is 16.5. The van der Waals surface area contributed by atoms with Crippen molar-refractivity contribution in [2.24, 2.45) is 0 Å². The average Bonchev–Trinajstić information content (AvgIpc) is 3.05. The Morgan fingerprint density at radius 2 is 1.92 bits per heavy atom. The molecule has 24 heavy (non-hydrogen) atoms. The van der Waals surface area contributed by atoms with Crippen LogP contribution in [0.2, 0.25) is 0 Å². The number of ether oxygens (including phenoxy) is 1. The molecule has 0 saturated carbocycles. The van der Waals surface area contributed by atoms with E-state index in [4.69, 9.17) is 9.94 Å². The van der Waals surface area contributed by atoms with Gasteiger partial charge in [0.2, 0.25) is 5.91 Å². The van der Waals surface area contributed by atoms with Gasteiger partial charge in [0.25, 0.3) is 0 Å². The fourth-order valence-corrected chi connectivity index (χ4v) is 2.59. The van der Waals surface area contributed by atoms with Gasteiger partial charge in [0, 0.05) is 11.1 Å². The Balaban J connectivity index is 2.12. The van der Waals surface area contributed by atoms with Gasteiger partial charge in [-0.15, -0.1) is 0 Å². The minimum absolute atomic E-state index is 0.00374. The van der Waals surface area contributed by atoms with Crippen molar-refractivity contribution in [1.29, 1.82) is 0 Å². The summed E-state index contributed by atoms with van der Waals surface area (Å²) in [5.41, 5.74) is 5.53. The number of methoxy groups -OCH3 is 1. The molecular weight excluding hydrogens is 306 g/mol. The Labute approximate surface area is 139 Å². The van der Waals surface area contributed by atoms with Gasteiger partial charge < -0.3 is 4.74 Å². The number of carbonyl (C=O) groups is 1. The van der Waals surface area contributed by atoms with E-state index in [1.54, 1.807) is 12.6 Å². The lowest BCUT2D eigenvalue weighted by molar-refractivity contribution is -0.128. The summed E-state index contributed by atoms with van der Waals surface area (Å²) in [6.45, 7) is 0. The first-order valence-corrected chi connectivity index (χ1v) is 7.43. The Bertz CT molecular complexity index is 844. The fourth-order valence-electron chi connectivity index (χ4n) is 2.59. The maximum absolute atomic E-state index is 11.7. The normalized spacial score (nSPS) is 10.4. The molecule has 1 heterocycles. The summed E-state index contributed by atoms with van der Waals surface area (Å²) < 4.78 is 5.25. The smallest absolute Gasteiger partial charge is 0.247 e. The van der Waals surface area contributed by atoms with Crippen molar-refractivity contribution in [3.05, 3.63) is 60.2 Å². The van der Waals surface area contributed by atoms with Crippen LogP contribution in [0.5, 0.6) is 5.75 Å². The molecule has 0 aliphatic rings. The number of nitrogens with one attached hydrogen (secondary N) is 2. The molecule has 6 heteroatoms. The van der Waals surface area contributed by atoms with E-state index in [0.29, 0.717) is 17.0 Å². The maximum atomic E-state index is 11.7. The standard InChI is InChI=1S/C18H17N3O3/c1-24-14-9-5-8-13(10-14)18-15(11-16(22)21-23)17(19-20-18)12-6-3-2-4-7-12/h2-10,23H,11H2,1H3,(H,19,20)(H,21,22). The molecule has 0 aliphatic heterocycles. The quantitative estimate of drug-likeness (QED) is 0.498. The fraction of sp³-hybridized carbons (Fsp3) is 0.111. The molecule has 122 valence electrons. The molecule has 3 N–H and O–H groups in total. The third-order valence-corrected chi connectivity index (χ3v) is 3.73. The SMILES string of the molecule is COc1cccc(-c2n[nH]c(-c3ccccc3)c2CC(=O)NO)c1. The second kappa shape index (κ2) is 6.97. The van der Waals surface area contributed by atoms with Crippen LogP contribution in [0.1, 0.15) is 5.56 Å². The zero-order chi connectivity index (χ0) is 16.9. The van der Waals surface area contributed by atoms with Gasteiger partial charge in [0.05, 0.1) is 24.9 Å². The predicted octanol–water partition coefficient (Wildman–Crippen LogP) is 2.80. The van der Waals surface area contributed by atoms with E-state index in [-0.39, 0.29) is 6.42 Å². The van der Waals surface area contributed by atoms with Crippen molar-refractivity contribution >= 4 is 5.91 Å². The van der Waals surface area contributed by atoms with Crippen LogP contribution in [0, 0.1) is 0 Å². The van der Waals surface area contributed by atoms with Crippen molar-refractivity contribution in [3.63, 3.8) is 0 Å². The molecule has 0 radical (unpaired) electrons. The van der Waals surface area contributed by atoms with Gasteiger partial charge in [-0.3, -0.25) is 15.1 Å². The Kier molecular flexibility index (Phi) is 4.58. The lowest BCUT2D eigenvalue weighted by Crippen LogP contribution is -2.21. The molecule has 1 aromatic heterocycles. The van der Waals surface area contributed by atoms with E-state index in [2.05, 4.69) is 10.2 Å². The number of H-pyrrole nitrogens is 1. The summed E-state index contributed by atoms with van der Waals surface area (Å²) in [7, 11) is 1.60. The van der Waals surface area contributed by atoms with Gasteiger partial charge in [-0.05, 0) is 17.7 Å². The average molecular weight is 323 g/mol. The van der Waals surface area contributed by atoms with Gasteiger partial charge in [-0.2, -0.15) is 5.10 Å². The van der Waals surface area contributed by atoms with E-state index >= 15 is 0 Å². The van der Waals surface area contributed by atoms with Crippen LogP contribution < -0.4 is 10.2 Å². The first-order valence-electron chi connectivity index (χ1n) is 7.43. The summed E-state index contributed by atoms with van der Waals surface area (Å²) in [6.07, 6.45) is 0.00374. The molecule has 0 saturated heterocycles. The highest BCUT2D eigenvalue weighted by Crippen LogP contribution is 2.32. The summed E-state index contributed by atoms with van der Waals surface area (Å²) in [5, 5.41) is 16.3. The van der Waals surface area contributed by atoms with Crippen LogP contribution in [0.4, 0.5) is 0 Å². The maximum Gasteiger partial charge on any atom is 0.247 e. The van der Waals surface area contributed by atoms with Crippen molar-refractivity contribution < 1.29 is 14.7 Å². The Hall–Kier alpha value is -3.12. The van der Waals surface area contributed by atoms with Crippen LogP contribution >= 0.6 is 0 Å². The zero-order valence-electron chi connectivity index (χ0n) is 13.1. The highest BCUT2D eigenvalue weighted by Gasteiger charge is 2.19. The number of carbonyl (C=O) groups excluding carboxylic acids is 1. The molecule has 3 rings (SSSR count). The molecule has 6 nitrogen and oxygen atoms in total. The minimum Gasteiger partial charge on any atom is -0.497 e. The van der Waals surface area contributed by atoms with E-state index < -0.39 is 5.91 Å². The van der Waals surface area contributed by atoms with Crippen LogP contribution in [-0.2, 0) is 11.2 Å². The number of hydrogen-bond donors (Lipinski definition) is 3. The topological polar surface area (TPSA) is 87.2 Å². The van der Waals surface area contributed by atoms with Crippen LogP contribution in [0.15, 0.2) is 54.6 Å². The molecule has 0 unspecified atom stereocenters. The third kappa shape index (κ3) is 3.13. The number of aromatic nitrogens is 2. The number of benzene rings is 2. The number of aromatic amines is 1. The highest BCUT2D eigenvalue weighted by molar-refractivity contribution is 5.84. The molecule has 0 atom stereocenters. The first-order chi connectivity index (χ1) is 11.7. The van der Waals surface area contributed by atoms with Gasteiger partial charge >= 0.3 is 0 Å². The molecule has 0 spiro atoms. The van der Waals surface area contributed by atoms with Gasteiger partial charge in [-0.1, -0.05) is 42.5 Å². The number of rotatable bonds is 5. The largest absolute Gasteiger partial charge is 0.497 e. The van der Waals surface area contributed by atoms with E-state index in [9.17, 15) is 4.79 Å². The van der Waals surface area contributed by atoms with Crippen LogP contribution in [0.3, 0.4) is 0 Å². The summed E-state index contributed by atoms with van der Waals surface area (Å²) in [4.78, 5) is 11.7. The Morgan fingerprint density at radius 1 is 1.17 bits per heavy atom. The molecule has 3 aromatic rings. The van der Waals surface area contributed by atoms with Crippen molar-refractivity contribution in [1.82, 2.24) is 15.7 Å². The number of nitrogens with zero attached hydrogens (tertiary/aromatic N) is 1. The van der Waals surface area contributed by atoms with E-state index in [0.717, 1.165) is 16.8 Å². The van der Waals surface area contributed by atoms with Gasteiger partial charge in [0.1, 0.15) is 5.75 Å². The molecule has 1 amide bonds. The minimum atomic E-state index is -0.502. The van der Waals surface area contributed by atoms with Crippen LogP contribution in [-0.4, -0.2) is 28.4 Å². The number of amides is 1.